The Morgan fingerprint density at radius 1 is 0.933 bits per heavy atom. The third-order valence-electron chi connectivity index (χ3n) is 5.43. The van der Waals surface area contributed by atoms with Gasteiger partial charge < -0.3 is 14.4 Å². The Morgan fingerprint density at radius 2 is 1.60 bits per heavy atom. The topological polar surface area (TPSA) is 38.8 Å². The van der Waals surface area contributed by atoms with Gasteiger partial charge in [0.15, 0.2) is 11.5 Å². The Kier molecular flexibility index (Phi) is 5.89. The lowest BCUT2D eigenvalue weighted by Crippen LogP contribution is -2.40. The number of fused-ring (bicyclic) bond motifs is 1. The fraction of sp³-hybridized carbons (Fsp3) is 0.208. The zero-order valence-electron chi connectivity index (χ0n) is 16.7. The highest BCUT2D eigenvalue weighted by molar-refractivity contribution is 6.31. The van der Waals surface area contributed by atoms with Gasteiger partial charge >= 0.3 is 0 Å². The van der Waals surface area contributed by atoms with E-state index in [0.29, 0.717) is 40.1 Å². The average Bonchev–Trinajstić information content (AvgIpc) is 2.78. The first-order valence-electron chi connectivity index (χ1n) is 9.59. The van der Waals surface area contributed by atoms with Crippen LogP contribution in [0.5, 0.6) is 11.5 Å². The van der Waals surface area contributed by atoms with Gasteiger partial charge in [0.05, 0.1) is 20.3 Å². The number of amides is 1. The van der Waals surface area contributed by atoms with Crippen LogP contribution in [0.15, 0.2) is 60.7 Å². The van der Waals surface area contributed by atoms with Crippen molar-refractivity contribution in [2.24, 2.45) is 0 Å². The lowest BCUT2D eigenvalue weighted by molar-refractivity contribution is 0.0694. The Morgan fingerprint density at radius 3 is 2.27 bits per heavy atom. The average molecular weight is 442 g/mol. The molecule has 1 amide bonds. The molecule has 3 aromatic carbocycles. The van der Waals surface area contributed by atoms with Gasteiger partial charge in [-0.05, 0) is 65.6 Å². The zero-order chi connectivity index (χ0) is 21.3. The molecule has 0 unspecified atom stereocenters. The number of carbonyl (C=O) groups excluding carboxylic acids is 1. The molecule has 0 radical (unpaired) electrons. The number of benzene rings is 3. The Labute approximate surface area is 185 Å². The second kappa shape index (κ2) is 8.58. The van der Waals surface area contributed by atoms with Gasteiger partial charge in [-0.3, -0.25) is 4.79 Å². The van der Waals surface area contributed by atoms with Crippen LogP contribution in [0.2, 0.25) is 10.0 Å². The first kappa shape index (κ1) is 20.6. The highest BCUT2D eigenvalue weighted by atomic mass is 35.5. The SMILES string of the molecule is COc1cc2c(cc1OC)[C@H](c1ccccc1Cl)N(C(=O)c1ccc(Cl)cc1)CC2. The highest BCUT2D eigenvalue weighted by Gasteiger charge is 2.34. The van der Waals surface area contributed by atoms with Crippen LogP contribution in [-0.4, -0.2) is 31.6 Å². The molecule has 0 fully saturated rings. The third-order valence-corrected chi connectivity index (χ3v) is 6.02. The molecular formula is C24H21Cl2NO3. The molecule has 3 aromatic rings. The van der Waals surface area contributed by atoms with E-state index in [1.165, 1.54) is 0 Å². The smallest absolute Gasteiger partial charge is 0.254 e. The van der Waals surface area contributed by atoms with Crippen LogP contribution in [0.1, 0.15) is 33.1 Å². The molecule has 1 aliphatic rings. The maximum absolute atomic E-state index is 13.5. The number of nitrogens with zero attached hydrogens (tertiary/aromatic N) is 1. The van der Waals surface area contributed by atoms with Crippen molar-refractivity contribution in [1.82, 2.24) is 4.90 Å². The van der Waals surface area contributed by atoms with Gasteiger partial charge in [-0.1, -0.05) is 41.4 Å². The lowest BCUT2D eigenvalue weighted by atomic mass is 9.87. The molecule has 30 heavy (non-hydrogen) atoms. The molecule has 6 heteroatoms. The lowest BCUT2D eigenvalue weighted by Gasteiger charge is -2.38. The number of hydrogen-bond donors (Lipinski definition) is 0. The van der Waals surface area contributed by atoms with Crippen LogP contribution in [0.25, 0.3) is 0 Å². The van der Waals surface area contributed by atoms with Gasteiger partial charge in [-0.2, -0.15) is 0 Å². The minimum absolute atomic E-state index is 0.0722. The van der Waals surface area contributed by atoms with Gasteiger partial charge in [0, 0.05) is 22.2 Å². The van der Waals surface area contributed by atoms with Crippen molar-refractivity contribution in [3.8, 4) is 11.5 Å². The highest BCUT2D eigenvalue weighted by Crippen LogP contribution is 2.43. The summed E-state index contributed by atoms with van der Waals surface area (Å²) in [5, 5.41) is 1.20. The van der Waals surface area contributed by atoms with E-state index in [9.17, 15) is 4.79 Å². The van der Waals surface area contributed by atoms with E-state index >= 15 is 0 Å². The Hall–Kier alpha value is -2.69. The van der Waals surface area contributed by atoms with Crippen molar-refractivity contribution in [1.29, 1.82) is 0 Å². The molecule has 4 rings (SSSR count). The molecule has 0 saturated carbocycles. The molecule has 0 saturated heterocycles. The van der Waals surface area contributed by atoms with Gasteiger partial charge in [0.2, 0.25) is 0 Å². The summed E-state index contributed by atoms with van der Waals surface area (Å²) >= 11 is 12.6. The van der Waals surface area contributed by atoms with E-state index in [2.05, 4.69) is 0 Å². The Balaban J connectivity index is 1.86. The molecular weight excluding hydrogens is 421 g/mol. The van der Waals surface area contributed by atoms with Crippen molar-refractivity contribution in [2.45, 2.75) is 12.5 Å². The van der Waals surface area contributed by atoms with E-state index in [-0.39, 0.29) is 11.9 Å². The van der Waals surface area contributed by atoms with Gasteiger partial charge in [0.1, 0.15) is 0 Å². The molecule has 154 valence electrons. The van der Waals surface area contributed by atoms with E-state index in [0.717, 1.165) is 16.7 Å². The second-order valence-corrected chi connectivity index (χ2v) is 7.93. The molecule has 0 aromatic heterocycles. The summed E-state index contributed by atoms with van der Waals surface area (Å²) in [4.78, 5) is 15.3. The van der Waals surface area contributed by atoms with Crippen LogP contribution in [0.3, 0.4) is 0 Å². The molecule has 0 aliphatic carbocycles. The number of halogens is 2. The maximum atomic E-state index is 13.5. The number of carbonyl (C=O) groups is 1. The maximum Gasteiger partial charge on any atom is 0.254 e. The van der Waals surface area contributed by atoms with E-state index < -0.39 is 0 Å². The largest absolute Gasteiger partial charge is 0.493 e. The minimum Gasteiger partial charge on any atom is -0.493 e. The van der Waals surface area contributed by atoms with E-state index in [1.807, 2.05) is 41.3 Å². The quantitative estimate of drug-likeness (QED) is 0.513. The van der Waals surface area contributed by atoms with Crippen molar-refractivity contribution in [3.05, 3.63) is 93.0 Å². The first-order chi connectivity index (χ1) is 14.5. The van der Waals surface area contributed by atoms with Crippen molar-refractivity contribution in [3.63, 3.8) is 0 Å². The number of ether oxygens (including phenoxy) is 2. The summed E-state index contributed by atoms with van der Waals surface area (Å²) in [7, 11) is 3.23. The van der Waals surface area contributed by atoms with Crippen LogP contribution in [0, 0.1) is 0 Å². The van der Waals surface area contributed by atoms with Gasteiger partial charge in [-0.15, -0.1) is 0 Å². The Bertz CT molecular complexity index is 1080. The van der Waals surface area contributed by atoms with Crippen LogP contribution < -0.4 is 9.47 Å². The fourth-order valence-corrected chi connectivity index (χ4v) is 4.32. The van der Waals surface area contributed by atoms with Crippen molar-refractivity contribution in [2.75, 3.05) is 20.8 Å². The number of hydrogen-bond acceptors (Lipinski definition) is 3. The first-order valence-corrected chi connectivity index (χ1v) is 10.3. The summed E-state index contributed by atoms with van der Waals surface area (Å²) in [6, 6.07) is 18.2. The molecule has 4 nitrogen and oxygen atoms in total. The van der Waals surface area contributed by atoms with E-state index in [1.54, 1.807) is 38.5 Å². The second-order valence-electron chi connectivity index (χ2n) is 7.09. The van der Waals surface area contributed by atoms with Gasteiger partial charge in [-0.25, -0.2) is 0 Å². The molecule has 0 bridgehead atoms. The summed E-state index contributed by atoms with van der Waals surface area (Å²) in [6.45, 7) is 0.555. The predicted octanol–water partition coefficient (Wildman–Crippen LogP) is 5.80. The van der Waals surface area contributed by atoms with E-state index in [4.69, 9.17) is 32.7 Å². The normalized spacial score (nSPS) is 15.5. The minimum atomic E-state index is -0.342. The zero-order valence-corrected chi connectivity index (χ0v) is 18.2. The van der Waals surface area contributed by atoms with Crippen LogP contribution >= 0.6 is 23.2 Å². The summed E-state index contributed by atoms with van der Waals surface area (Å²) in [6.07, 6.45) is 0.704. The van der Waals surface area contributed by atoms with Crippen molar-refractivity contribution < 1.29 is 14.3 Å². The molecule has 1 aliphatic heterocycles. The number of methoxy groups -OCH3 is 2. The van der Waals surface area contributed by atoms with Gasteiger partial charge in [0.25, 0.3) is 5.91 Å². The third kappa shape index (κ3) is 3.73. The molecule has 0 N–H and O–H groups in total. The molecule has 1 atom stereocenters. The van der Waals surface area contributed by atoms with Crippen LogP contribution in [-0.2, 0) is 6.42 Å². The summed E-state index contributed by atoms with van der Waals surface area (Å²) in [5.74, 6) is 1.22. The number of rotatable bonds is 4. The summed E-state index contributed by atoms with van der Waals surface area (Å²) in [5.41, 5.74) is 3.54. The standard InChI is InChI=1S/C24H21Cl2NO3/c1-29-21-13-16-11-12-27(24(28)15-7-9-17(25)10-8-15)23(19(16)14-22(21)30-2)18-5-3-4-6-20(18)26/h3-10,13-14,23H,11-12H2,1-2H3/t23-/m0/s1. The predicted molar refractivity (Wildman–Crippen MR) is 119 cm³/mol. The fourth-order valence-electron chi connectivity index (χ4n) is 3.96. The molecule has 0 spiro atoms. The van der Waals surface area contributed by atoms with Crippen molar-refractivity contribution >= 4 is 29.1 Å². The van der Waals surface area contributed by atoms with Crippen LogP contribution in [0.4, 0.5) is 0 Å². The molecule has 1 heterocycles. The monoisotopic (exact) mass is 441 g/mol. The summed E-state index contributed by atoms with van der Waals surface area (Å²) < 4.78 is 11.0.